The molecule has 2 rings (SSSR count). The van der Waals surface area contributed by atoms with Crippen LogP contribution in [0.1, 0.15) is 43.9 Å². The third-order valence-electron chi connectivity index (χ3n) is 3.21. The molecule has 0 fully saturated rings. The van der Waals surface area contributed by atoms with Crippen molar-refractivity contribution in [3.05, 3.63) is 53.7 Å². The summed E-state index contributed by atoms with van der Waals surface area (Å²) < 4.78 is 5.76. The number of nitrogens with zero attached hydrogens (tertiary/aromatic N) is 1. The number of unbranched alkanes of at least 4 members (excludes halogenated alkanes) is 1. The average molecular weight is 271 g/mol. The highest BCUT2D eigenvalue weighted by Crippen LogP contribution is 2.27. The highest BCUT2D eigenvalue weighted by atomic mass is 16.5. The van der Waals surface area contributed by atoms with E-state index in [9.17, 15) is 5.11 Å². The predicted molar refractivity (Wildman–Crippen MR) is 80.0 cm³/mol. The number of rotatable bonds is 6. The van der Waals surface area contributed by atoms with Gasteiger partial charge in [0, 0.05) is 11.8 Å². The summed E-state index contributed by atoms with van der Waals surface area (Å²) in [5.41, 5.74) is 2.01. The van der Waals surface area contributed by atoms with Crippen molar-refractivity contribution >= 4 is 0 Å². The third-order valence-corrected chi connectivity index (χ3v) is 3.21. The van der Waals surface area contributed by atoms with Gasteiger partial charge in [0.05, 0.1) is 6.10 Å². The Morgan fingerprint density at radius 1 is 1.20 bits per heavy atom. The molecule has 0 spiro atoms. The lowest BCUT2D eigenvalue weighted by Gasteiger charge is -2.11. The van der Waals surface area contributed by atoms with Crippen LogP contribution in [0.2, 0.25) is 0 Å². The van der Waals surface area contributed by atoms with Crippen LogP contribution in [-0.4, -0.2) is 10.1 Å². The number of pyridine rings is 1. The van der Waals surface area contributed by atoms with Crippen LogP contribution in [0, 0.1) is 0 Å². The zero-order valence-electron chi connectivity index (χ0n) is 12.0. The Hall–Kier alpha value is -1.87. The van der Waals surface area contributed by atoms with Crippen LogP contribution in [0.4, 0.5) is 0 Å². The molecule has 0 aliphatic carbocycles. The molecule has 0 radical (unpaired) electrons. The number of aliphatic hydroxyl groups excluding tert-OH is 1. The molecule has 20 heavy (non-hydrogen) atoms. The molecule has 1 aromatic heterocycles. The number of aromatic nitrogens is 1. The van der Waals surface area contributed by atoms with Crippen molar-refractivity contribution in [2.75, 3.05) is 0 Å². The molecule has 0 bridgehead atoms. The number of ether oxygens (including phenoxy) is 1. The van der Waals surface area contributed by atoms with Crippen LogP contribution in [-0.2, 0) is 6.42 Å². The molecule has 2 aromatic rings. The Kier molecular flexibility index (Phi) is 5.13. The zero-order chi connectivity index (χ0) is 14.4. The summed E-state index contributed by atoms with van der Waals surface area (Å²) in [5, 5.41) is 9.70. The average Bonchev–Trinajstić information content (AvgIpc) is 2.47. The van der Waals surface area contributed by atoms with Crippen LogP contribution in [0.3, 0.4) is 0 Å². The Balaban J connectivity index is 2.10. The van der Waals surface area contributed by atoms with Gasteiger partial charge in [0.2, 0.25) is 5.88 Å². The lowest BCUT2D eigenvalue weighted by molar-refractivity contribution is 0.194. The maximum Gasteiger partial charge on any atom is 0.225 e. The Labute approximate surface area is 120 Å². The van der Waals surface area contributed by atoms with Crippen LogP contribution in [0.5, 0.6) is 11.6 Å². The molecule has 1 atom stereocenters. The minimum atomic E-state index is -0.595. The van der Waals surface area contributed by atoms with E-state index in [1.165, 1.54) is 18.4 Å². The smallest absolute Gasteiger partial charge is 0.225 e. The van der Waals surface area contributed by atoms with E-state index in [1.807, 2.05) is 18.2 Å². The van der Waals surface area contributed by atoms with Gasteiger partial charge in [0.15, 0.2) is 0 Å². The van der Waals surface area contributed by atoms with E-state index in [0.29, 0.717) is 11.4 Å². The van der Waals surface area contributed by atoms with Gasteiger partial charge < -0.3 is 9.84 Å². The van der Waals surface area contributed by atoms with Gasteiger partial charge in [-0.15, -0.1) is 0 Å². The topological polar surface area (TPSA) is 42.4 Å². The molecule has 3 nitrogen and oxygen atoms in total. The van der Waals surface area contributed by atoms with E-state index in [1.54, 1.807) is 19.2 Å². The summed E-state index contributed by atoms with van der Waals surface area (Å²) in [5.74, 6) is 1.20. The maximum atomic E-state index is 9.70. The van der Waals surface area contributed by atoms with Gasteiger partial charge in [-0.05, 0) is 49.6 Å². The van der Waals surface area contributed by atoms with Crippen molar-refractivity contribution < 1.29 is 9.84 Å². The van der Waals surface area contributed by atoms with Crippen molar-refractivity contribution in [3.63, 3.8) is 0 Å². The van der Waals surface area contributed by atoms with Crippen molar-refractivity contribution in [3.8, 4) is 11.6 Å². The highest BCUT2D eigenvalue weighted by Gasteiger charge is 2.10. The highest BCUT2D eigenvalue weighted by molar-refractivity contribution is 5.34. The molecule has 106 valence electrons. The third kappa shape index (κ3) is 3.81. The fourth-order valence-corrected chi connectivity index (χ4v) is 2.02. The molecule has 1 heterocycles. The molecule has 0 amide bonds. The first kappa shape index (κ1) is 14.5. The lowest BCUT2D eigenvalue weighted by atomic mass is 10.1. The molecule has 0 unspecified atom stereocenters. The summed E-state index contributed by atoms with van der Waals surface area (Å²) in [6.07, 6.45) is 4.56. The first-order valence-corrected chi connectivity index (χ1v) is 7.10. The number of aryl methyl sites for hydroxylation is 1. The molecule has 0 saturated carbocycles. The second-order valence-corrected chi connectivity index (χ2v) is 4.92. The molecule has 1 aromatic carbocycles. The number of hydrogen-bond donors (Lipinski definition) is 1. The normalized spacial score (nSPS) is 12.2. The van der Waals surface area contributed by atoms with E-state index in [4.69, 9.17) is 4.74 Å². The molecular formula is C17H21NO2. The van der Waals surface area contributed by atoms with Crippen LogP contribution in [0.15, 0.2) is 42.6 Å². The van der Waals surface area contributed by atoms with Gasteiger partial charge in [-0.3, -0.25) is 0 Å². The Bertz CT molecular complexity index is 535. The van der Waals surface area contributed by atoms with Crippen LogP contribution < -0.4 is 4.74 Å². The van der Waals surface area contributed by atoms with Crippen molar-refractivity contribution in [1.82, 2.24) is 4.98 Å². The second kappa shape index (κ2) is 7.06. The molecular weight excluding hydrogens is 250 g/mol. The fraction of sp³-hybridized carbons (Fsp3) is 0.353. The van der Waals surface area contributed by atoms with E-state index >= 15 is 0 Å². The molecule has 3 heteroatoms. The van der Waals surface area contributed by atoms with E-state index in [-0.39, 0.29) is 0 Å². The van der Waals surface area contributed by atoms with Gasteiger partial charge in [0.25, 0.3) is 0 Å². The largest absolute Gasteiger partial charge is 0.439 e. The minimum absolute atomic E-state index is 0.462. The summed E-state index contributed by atoms with van der Waals surface area (Å²) in [7, 11) is 0. The van der Waals surface area contributed by atoms with Crippen LogP contribution in [0.25, 0.3) is 0 Å². The van der Waals surface area contributed by atoms with E-state index < -0.39 is 6.10 Å². The van der Waals surface area contributed by atoms with Gasteiger partial charge >= 0.3 is 0 Å². The number of benzene rings is 1. The van der Waals surface area contributed by atoms with E-state index in [0.717, 1.165) is 12.2 Å². The first-order chi connectivity index (χ1) is 9.70. The zero-order valence-corrected chi connectivity index (χ0v) is 12.0. The van der Waals surface area contributed by atoms with Crippen molar-refractivity contribution in [2.24, 2.45) is 0 Å². The number of hydrogen-bond acceptors (Lipinski definition) is 3. The quantitative estimate of drug-likeness (QED) is 0.853. The van der Waals surface area contributed by atoms with Crippen molar-refractivity contribution in [2.45, 2.75) is 39.2 Å². The number of aliphatic hydroxyl groups is 1. The van der Waals surface area contributed by atoms with Crippen molar-refractivity contribution in [1.29, 1.82) is 0 Å². The fourth-order valence-electron chi connectivity index (χ4n) is 2.02. The second-order valence-electron chi connectivity index (χ2n) is 4.92. The minimum Gasteiger partial charge on any atom is -0.439 e. The molecule has 0 saturated heterocycles. The SMILES string of the molecule is CCCCc1ccc(Oc2ncccc2[C@@H](C)O)cc1. The monoisotopic (exact) mass is 271 g/mol. The standard InChI is InChI=1S/C17H21NO2/c1-3-4-6-14-8-10-15(11-9-14)20-17-16(13(2)19)7-5-12-18-17/h5,7-13,19H,3-4,6H2,1-2H3/t13-/m1/s1. The van der Waals surface area contributed by atoms with Gasteiger partial charge in [0.1, 0.15) is 5.75 Å². The van der Waals surface area contributed by atoms with Gasteiger partial charge in [-0.2, -0.15) is 0 Å². The summed E-state index contributed by atoms with van der Waals surface area (Å²) in [6, 6.07) is 11.7. The molecule has 1 N–H and O–H groups in total. The predicted octanol–water partition coefficient (Wildman–Crippen LogP) is 4.27. The Morgan fingerprint density at radius 2 is 1.95 bits per heavy atom. The molecule has 0 aliphatic rings. The maximum absolute atomic E-state index is 9.70. The Morgan fingerprint density at radius 3 is 2.60 bits per heavy atom. The van der Waals surface area contributed by atoms with E-state index in [2.05, 4.69) is 24.0 Å². The lowest BCUT2D eigenvalue weighted by Crippen LogP contribution is -1.98. The summed E-state index contributed by atoms with van der Waals surface area (Å²) in [4.78, 5) is 4.19. The van der Waals surface area contributed by atoms with Gasteiger partial charge in [-0.25, -0.2) is 4.98 Å². The first-order valence-electron chi connectivity index (χ1n) is 7.10. The van der Waals surface area contributed by atoms with Gasteiger partial charge in [-0.1, -0.05) is 25.5 Å². The summed E-state index contributed by atoms with van der Waals surface area (Å²) >= 11 is 0. The molecule has 0 aliphatic heterocycles. The summed E-state index contributed by atoms with van der Waals surface area (Å²) in [6.45, 7) is 3.90. The van der Waals surface area contributed by atoms with Crippen LogP contribution >= 0.6 is 0 Å².